The molecule has 1 heterocycles. The average Bonchev–Trinajstić information content (AvgIpc) is 2.27. The molecule has 0 aliphatic heterocycles. The number of hydrogen-bond donors (Lipinski definition) is 1. The van der Waals surface area contributed by atoms with E-state index in [4.69, 9.17) is 10.7 Å². The van der Waals surface area contributed by atoms with Gasteiger partial charge in [0.1, 0.15) is 0 Å². The van der Waals surface area contributed by atoms with Gasteiger partial charge in [-0.3, -0.25) is 9.78 Å². The van der Waals surface area contributed by atoms with Gasteiger partial charge >= 0.3 is 0 Å². The molecule has 3 heteroatoms. The minimum Gasteiger partial charge on any atom is -0.366 e. The van der Waals surface area contributed by atoms with Gasteiger partial charge in [0, 0.05) is 11.1 Å². The number of nitrogens with two attached hydrogens (primary N) is 1. The lowest BCUT2D eigenvalue weighted by molar-refractivity contribution is 0.0998. The summed E-state index contributed by atoms with van der Waals surface area (Å²) in [6.07, 6.45) is 3.31. The van der Waals surface area contributed by atoms with Gasteiger partial charge in [-0.15, -0.1) is 0 Å². The van der Waals surface area contributed by atoms with Crippen LogP contribution in [0, 0.1) is 0 Å². The molecule has 2 N–H and O–H groups in total. The van der Waals surface area contributed by atoms with Crippen molar-refractivity contribution in [2.45, 2.75) is 58.3 Å². The molecule has 1 aromatic rings. The lowest BCUT2D eigenvalue weighted by Gasteiger charge is -2.32. The summed E-state index contributed by atoms with van der Waals surface area (Å²) in [5.74, 6) is -0.145. The molecule has 2 rings (SSSR count). The van der Waals surface area contributed by atoms with Gasteiger partial charge in [0.25, 0.3) is 5.91 Å². The van der Waals surface area contributed by atoms with Crippen molar-refractivity contribution in [1.82, 2.24) is 4.98 Å². The number of rotatable bonds is 2. The van der Waals surface area contributed by atoms with Crippen molar-refractivity contribution in [1.29, 1.82) is 0 Å². The Labute approximate surface area is 109 Å². The Hall–Kier alpha value is -1.38. The molecule has 1 aliphatic rings. The monoisotopic (exact) mass is 246 g/mol. The molecule has 0 aromatic carbocycles. The third-order valence-corrected chi connectivity index (χ3v) is 3.83. The number of amides is 1. The Morgan fingerprint density at radius 2 is 2.11 bits per heavy atom. The summed E-state index contributed by atoms with van der Waals surface area (Å²) in [5.41, 5.74) is 9.37. The molecule has 0 atom stereocenters. The summed E-state index contributed by atoms with van der Waals surface area (Å²) in [5, 5.41) is 0. The Bertz CT molecular complexity index is 490. The highest BCUT2D eigenvalue weighted by molar-refractivity contribution is 5.94. The van der Waals surface area contributed by atoms with E-state index in [-0.39, 0.29) is 17.2 Å². The maximum atomic E-state index is 11.6. The van der Waals surface area contributed by atoms with E-state index in [1.54, 1.807) is 0 Å². The molecule has 0 fully saturated rings. The number of primary amides is 1. The lowest BCUT2D eigenvalue weighted by atomic mass is 9.75. The van der Waals surface area contributed by atoms with E-state index in [1.165, 1.54) is 5.56 Å². The largest absolute Gasteiger partial charge is 0.366 e. The number of aromatic nitrogens is 1. The standard InChI is InChI=1S/C15H22N2O/c1-9(2)12-11(14(16)18)8-10-6-5-7-15(3,4)13(10)17-12/h8-9H,5-7H2,1-4H3,(H2,16,18). The maximum Gasteiger partial charge on any atom is 0.250 e. The topological polar surface area (TPSA) is 56.0 Å². The third-order valence-electron chi connectivity index (χ3n) is 3.83. The van der Waals surface area contributed by atoms with E-state index in [2.05, 4.69) is 27.7 Å². The lowest BCUT2D eigenvalue weighted by Crippen LogP contribution is -2.28. The fourth-order valence-corrected chi connectivity index (χ4v) is 2.82. The number of carbonyl (C=O) groups excluding carboxylic acids is 1. The van der Waals surface area contributed by atoms with Gasteiger partial charge in [0.2, 0.25) is 0 Å². The summed E-state index contributed by atoms with van der Waals surface area (Å²) >= 11 is 0. The second-order valence-electron chi connectivity index (χ2n) is 6.19. The zero-order valence-electron chi connectivity index (χ0n) is 11.7. The third kappa shape index (κ3) is 2.14. The molecule has 1 aromatic heterocycles. The Morgan fingerprint density at radius 3 is 2.67 bits per heavy atom. The average molecular weight is 246 g/mol. The number of aryl methyl sites for hydroxylation is 1. The molecule has 18 heavy (non-hydrogen) atoms. The molecule has 0 saturated carbocycles. The number of hydrogen-bond acceptors (Lipinski definition) is 2. The molecule has 1 amide bonds. The van der Waals surface area contributed by atoms with Crippen LogP contribution < -0.4 is 5.73 Å². The fraction of sp³-hybridized carbons (Fsp3) is 0.600. The second kappa shape index (κ2) is 4.38. The molecule has 0 unspecified atom stereocenters. The van der Waals surface area contributed by atoms with Crippen LogP contribution in [0.2, 0.25) is 0 Å². The first-order chi connectivity index (χ1) is 8.33. The van der Waals surface area contributed by atoms with E-state index >= 15 is 0 Å². The van der Waals surface area contributed by atoms with Crippen molar-refractivity contribution >= 4 is 5.91 Å². The van der Waals surface area contributed by atoms with Crippen molar-refractivity contribution < 1.29 is 4.79 Å². The van der Waals surface area contributed by atoms with Gasteiger partial charge in [0.15, 0.2) is 0 Å². The van der Waals surface area contributed by atoms with Crippen LogP contribution in [0.4, 0.5) is 0 Å². The van der Waals surface area contributed by atoms with Crippen LogP contribution in [0.25, 0.3) is 0 Å². The highest BCUT2D eigenvalue weighted by Crippen LogP contribution is 2.37. The molecule has 98 valence electrons. The highest BCUT2D eigenvalue weighted by Gasteiger charge is 2.31. The van der Waals surface area contributed by atoms with Gasteiger partial charge in [0.05, 0.1) is 11.3 Å². The first-order valence-corrected chi connectivity index (χ1v) is 6.67. The number of carbonyl (C=O) groups is 1. The zero-order chi connectivity index (χ0) is 13.5. The number of nitrogens with zero attached hydrogens (tertiary/aromatic N) is 1. The molecule has 0 saturated heterocycles. The van der Waals surface area contributed by atoms with Gasteiger partial charge in [-0.05, 0) is 36.8 Å². The summed E-state index contributed by atoms with van der Waals surface area (Å²) in [7, 11) is 0. The molecule has 0 bridgehead atoms. The van der Waals surface area contributed by atoms with Crippen molar-refractivity contribution in [3.05, 3.63) is 28.6 Å². The van der Waals surface area contributed by atoms with Gasteiger partial charge in [-0.2, -0.15) is 0 Å². The zero-order valence-corrected chi connectivity index (χ0v) is 11.7. The molecule has 0 radical (unpaired) electrons. The Balaban J connectivity index is 2.65. The van der Waals surface area contributed by atoms with Crippen LogP contribution in [0.3, 0.4) is 0 Å². The highest BCUT2D eigenvalue weighted by atomic mass is 16.1. The molecular formula is C15H22N2O. The SMILES string of the molecule is CC(C)c1nc2c(cc1C(N)=O)CCCC2(C)C. The molecule has 1 aliphatic carbocycles. The van der Waals surface area contributed by atoms with Gasteiger partial charge in [-0.25, -0.2) is 0 Å². The summed E-state index contributed by atoms with van der Waals surface area (Å²) in [4.78, 5) is 16.3. The minimum absolute atomic E-state index is 0.105. The first kappa shape index (κ1) is 13.1. The molecular weight excluding hydrogens is 224 g/mol. The summed E-state index contributed by atoms with van der Waals surface area (Å²) < 4.78 is 0. The van der Waals surface area contributed by atoms with E-state index < -0.39 is 0 Å². The van der Waals surface area contributed by atoms with E-state index in [9.17, 15) is 4.79 Å². The van der Waals surface area contributed by atoms with E-state index in [0.29, 0.717) is 5.56 Å². The van der Waals surface area contributed by atoms with E-state index in [0.717, 1.165) is 30.7 Å². The quantitative estimate of drug-likeness (QED) is 0.872. The second-order valence-corrected chi connectivity index (χ2v) is 6.19. The Morgan fingerprint density at radius 1 is 1.44 bits per heavy atom. The van der Waals surface area contributed by atoms with Crippen molar-refractivity contribution in [3.63, 3.8) is 0 Å². The Kier molecular flexibility index (Phi) is 3.18. The molecule has 3 nitrogen and oxygen atoms in total. The molecule has 0 spiro atoms. The van der Waals surface area contributed by atoms with Crippen molar-refractivity contribution in [2.75, 3.05) is 0 Å². The van der Waals surface area contributed by atoms with Crippen LogP contribution >= 0.6 is 0 Å². The smallest absolute Gasteiger partial charge is 0.250 e. The van der Waals surface area contributed by atoms with Crippen molar-refractivity contribution in [3.8, 4) is 0 Å². The van der Waals surface area contributed by atoms with Crippen LogP contribution in [0.1, 0.15) is 73.8 Å². The van der Waals surface area contributed by atoms with Crippen LogP contribution in [0.5, 0.6) is 0 Å². The van der Waals surface area contributed by atoms with Gasteiger partial charge < -0.3 is 5.73 Å². The predicted octanol–water partition coefficient (Wildman–Crippen LogP) is 2.92. The summed E-state index contributed by atoms with van der Waals surface area (Å²) in [6, 6.07) is 1.97. The van der Waals surface area contributed by atoms with Gasteiger partial charge in [-0.1, -0.05) is 27.7 Å². The van der Waals surface area contributed by atoms with Crippen LogP contribution in [-0.4, -0.2) is 10.9 Å². The van der Waals surface area contributed by atoms with Crippen LogP contribution in [-0.2, 0) is 11.8 Å². The minimum atomic E-state index is -0.364. The normalized spacial score (nSPS) is 17.6. The number of fused-ring (bicyclic) bond motifs is 1. The first-order valence-electron chi connectivity index (χ1n) is 6.67. The van der Waals surface area contributed by atoms with Crippen molar-refractivity contribution in [2.24, 2.45) is 5.73 Å². The summed E-state index contributed by atoms with van der Waals surface area (Å²) in [6.45, 7) is 8.56. The van der Waals surface area contributed by atoms with E-state index in [1.807, 2.05) is 6.07 Å². The maximum absolute atomic E-state index is 11.6. The number of pyridine rings is 1. The van der Waals surface area contributed by atoms with Crippen LogP contribution in [0.15, 0.2) is 6.07 Å². The predicted molar refractivity (Wildman–Crippen MR) is 72.8 cm³/mol. The fourth-order valence-electron chi connectivity index (χ4n) is 2.82.